The number of hydrogen-bond acceptors (Lipinski definition) is 6. The zero-order valence-electron chi connectivity index (χ0n) is 14.5. The van der Waals surface area contributed by atoms with Crippen LogP contribution in [0.3, 0.4) is 0 Å². The molecule has 7 heteroatoms. The van der Waals surface area contributed by atoms with Gasteiger partial charge in [-0.2, -0.15) is 4.98 Å². The molecule has 134 valence electrons. The zero-order chi connectivity index (χ0) is 17.6. The Kier molecular flexibility index (Phi) is 6.09. The highest BCUT2D eigenvalue weighted by molar-refractivity contribution is 7.99. The van der Waals surface area contributed by atoms with Crippen LogP contribution in [-0.2, 0) is 9.53 Å². The lowest BCUT2D eigenvalue weighted by molar-refractivity contribution is -0.119. The molecule has 0 aliphatic carbocycles. The summed E-state index contributed by atoms with van der Waals surface area (Å²) in [5.41, 5.74) is 2.17. The maximum absolute atomic E-state index is 11.9. The average molecular weight is 361 g/mol. The van der Waals surface area contributed by atoms with E-state index in [1.807, 2.05) is 12.1 Å². The summed E-state index contributed by atoms with van der Waals surface area (Å²) in [5.74, 6) is 1.22. The molecule has 1 aliphatic heterocycles. The van der Waals surface area contributed by atoms with E-state index in [2.05, 4.69) is 41.4 Å². The third-order valence-electron chi connectivity index (χ3n) is 4.12. The number of nitrogens with one attached hydrogen (secondary N) is 1. The van der Waals surface area contributed by atoms with Gasteiger partial charge in [-0.15, -0.1) is 0 Å². The molecule has 0 unspecified atom stereocenters. The lowest BCUT2D eigenvalue weighted by Gasteiger charge is -2.09. The Balaban J connectivity index is 1.48. The fourth-order valence-electron chi connectivity index (χ4n) is 2.61. The van der Waals surface area contributed by atoms with Crippen LogP contribution in [0.5, 0.6) is 0 Å². The summed E-state index contributed by atoms with van der Waals surface area (Å²) in [4.78, 5) is 16.2. The number of carbonyl (C=O) groups excluding carboxylic acids is 1. The number of hydrogen-bond donors (Lipinski definition) is 1. The van der Waals surface area contributed by atoms with Gasteiger partial charge in [0.05, 0.1) is 11.9 Å². The fourth-order valence-corrected chi connectivity index (χ4v) is 3.21. The van der Waals surface area contributed by atoms with Crippen molar-refractivity contribution in [1.29, 1.82) is 0 Å². The minimum atomic E-state index is -0.0541. The van der Waals surface area contributed by atoms with Crippen LogP contribution in [0.1, 0.15) is 38.2 Å². The summed E-state index contributed by atoms with van der Waals surface area (Å²) < 4.78 is 10.7. The zero-order valence-corrected chi connectivity index (χ0v) is 15.3. The molecule has 25 heavy (non-hydrogen) atoms. The molecule has 1 saturated heterocycles. The summed E-state index contributed by atoms with van der Waals surface area (Å²) in [5, 5.41) is 7.26. The van der Waals surface area contributed by atoms with E-state index in [4.69, 9.17) is 9.26 Å². The van der Waals surface area contributed by atoms with Gasteiger partial charge in [0.2, 0.25) is 11.7 Å². The molecule has 1 fully saturated rings. The molecule has 6 nitrogen and oxygen atoms in total. The van der Waals surface area contributed by atoms with E-state index < -0.39 is 0 Å². The second-order valence-electron chi connectivity index (χ2n) is 6.39. The van der Waals surface area contributed by atoms with Crippen LogP contribution < -0.4 is 5.32 Å². The van der Waals surface area contributed by atoms with E-state index >= 15 is 0 Å². The molecule has 1 atom stereocenters. The van der Waals surface area contributed by atoms with Crippen molar-refractivity contribution in [3.8, 4) is 11.4 Å². The van der Waals surface area contributed by atoms with Crippen molar-refractivity contribution in [2.45, 2.75) is 43.9 Å². The van der Waals surface area contributed by atoms with Crippen molar-refractivity contribution in [1.82, 2.24) is 15.5 Å². The number of benzene rings is 1. The van der Waals surface area contributed by atoms with E-state index in [0.717, 1.165) is 25.0 Å². The molecule has 1 N–H and O–H groups in total. The molecule has 2 aromatic rings. The van der Waals surface area contributed by atoms with Crippen LogP contribution in [0.15, 0.2) is 34.0 Å². The molecule has 1 aromatic carbocycles. The molecule has 0 spiro atoms. The van der Waals surface area contributed by atoms with Crippen molar-refractivity contribution < 1.29 is 14.1 Å². The third kappa shape index (κ3) is 5.06. The minimum absolute atomic E-state index is 0.0541. The Morgan fingerprint density at radius 3 is 2.84 bits per heavy atom. The summed E-state index contributed by atoms with van der Waals surface area (Å²) in [6.45, 7) is 5.67. The van der Waals surface area contributed by atoms with Gasteiger partial charge < -0.3 is 14.6 Å². The van der Waals surface area contributed by atoms with Crippen LogP contribution >= 0.6 is 11.8 Å². The van der Waals surface area contributed by atoms with Crippen molar-refractivity contribution in [3.63, 3.8) is 0 Å². The normalized spacial score (nSPS) is 17.2. The molecular weight excluding hydrogens is 338 g/mol. The van der Waals surface area contributed by atoms with Crippen molar-refractivity contribution in [3.05, 3.63) is 29.8 Å². The Bertz CT molecular complexity index is 694. The quantitative estimate of drug-likeness (QED) is 0.763. The van der Waals surface area contributed by atoms with Crippen LogP contribution in [0.2, 0.25) is 0 Å². The first kappa shape index (κ1) is 17.9. The molecule has 3 rings (SSSR count). The van der Waals surface area contributed by atoms with E-state index in [1.54, 1.807) is 0 Å². The first-order valence-corrected chi connectivity index (χ1v) is 9.55. The van der Waals surface area contributed by atoms with Gasteiger partial charge >= 0.3 is 0 Å². The van der Waals surface area contributed by atoms with Crippen LogP contribution in [0.25, 0.3) is 11.4 Å². The highest BCUT2D eigenvalue weighted by Crippen LogP contribution is 2.23. The van der Waals surface area contributed by atoms with Gasteiger partial charge in [-0.05, 0) is 24.3 Å². The molecule has 1 aliphatic rings. The van der Waals surface area contributed by atoms with E-state index in [0.29, 0.717) is 23.5 Å². The van der Waals surface area contributed by atoms with Gasteiger partial charge in [0.1, 0.15) is 0 Å². The van der Waals surface area contributed by atoms with Crippen LogP contribution in [-0.4, -0.2) is 41.1 Å². The van der Waals surface area contributed by atoms with E-state index in [1.165, 1.54) is 17.3 Å². The van der Waals surface area contributed by atoms with Crippen molar-refractivity contribution in [2.24, 2.45) is 0 Å². The van der Waals surface area contributed by atoms with Gasteiger partial charge in [0.25, 0.3) is 5.22 Å². The molecule has 2 heterocycles. The highest BCUT2D eigenvalue weighted by atomic mass is 32.2. The average Bonchev–Trinajstić information content (AvgIpc) is 3.30. The van der Waals surface area contributed by atoms with Gasteiger partial charge in [0, 0.05) is 18.7 Å². The summed E-state index contributed by atoms with van der Waals surface area (Å²) in [6.07, 6.45) is 2.23. The largest absolute Gasteiger partial charge is 0.376 e. The maximum Gasteiger partial charge on any atom is 0.286 e. The molecule has 1 amide bonds. The lowest BCUT2D eigenvalue weighted by Crippen LogP contribution is -2.32. The Hall–Kier alpha value is -1.86. The Morgan fingerprint density at radius 1 is 1.36 bits per heavy atom. The monoisotopic (exact) mass is 361 g/mol. The number of rotatable bonds is 7. The summed E-state index contributed by atoms with van der Waals surface area (Å²) in [6, 6.07) is 8.12. The van der Waals surface area contributed by atoms with Crippen LogP contribution in [0.4, 0.5) is 0 Å². The summed E-state index contributed by atoms with van der Waals surface area (Å²) in [7, 11) is 0. The predicted molar refractivity (Wildman–Crippen MR) is 96.5 cm³/mol. The fraction of sp³-hybridized carbons (Fsp3) is 0.500. The molecule has 0 radical (unpaired) electrons. The van der Waals surface area contributed by atoms with E-state index in [-0.39, 0.29) is 17.8 Å². The van der Waals surface area contributed by atoms with Gasteiger partial charge in [0.15, 0.2) is 0 Å². The SMILES string of the molecule is CC(C)c1ccc(-c2noc(SCC(=O)NC[C@@H]3CCCO3)n2)cc1. The lowest BCUT2D eigenvalue weighted by atomic mass is 10.0. The van der Waals surface area contributed by atoms with Gasteiger partial charge in [-0.3, -0.25) is 4.79 Å². The molecular formula is C18H23N3O3S. The third-order valence-corrected chi connectivity index (χ3v) is 4.94. The van der Waals surface area contributed by atoms with Gasteiger partial charge in [-0.1, -0.05) is 55.0 Å². The standard InChI is InChI=1S/C18H23N3O3S/c1-12(2)13-5-7-14(8-6-13)17-20-18(24-21-17)25-11-16(22)19-10-15-4-3-9-23-15/h5-8,12,15H,3-4,9-11H2,1-2H3,(H,19,22)/t15-/m0/s1. The number of ether oxygens (including phenoxy) is 1. The topological polar surface area (TPSA) is 77.2 Å². The Morgan fingerprint density at radius 2 is 2.16 bits per heavy atom. The number of thioether (sulfide) groups is 1. The first-order valence-electron chi connectivity index (χ1n) is 8.57. The van der Waals surface area contributed by atoms with Crippen molar-refractivity contribution >= 4 is 17.7 Å². The second-order valence-corrected chi connectivity index (χ2v) is 7.31. The molecule has 1 aromatic heterocycles. The molecule has 0 saturated carbocycles. The number of carbonyl (C=O) groups is 1. The van der Waals surface area contributed by atoms with Crippen molar-refractivity contribution in [2.75, 3.05) is 18.9 Å². The smallest absolute Gasteiger partial charge is 0.286 e. The van der Waals surface area contributed by atoms with Gasteiger partial charge in [-0.25, -0.2) is 0 Å². The molecule has 0 bridgehead atoms. The van der Waals surface area contributed by atoms with E-state index in [9.17, 15) is 4.79 Å². The number of aromatic nitrogens is 2. The number of amides is 1. The van der Waals surface area contributed by atoms with Crippen LogP contribution in [0, 0.1) is 0 Å². The second kappa shape index (κ2) is 8.49. The highest BCUT2D eigenvalue weighted by Gasteiger charge is 2.17. The summed E-state index contributed by atoms with van der Waals surface area (Å²) >= 11 is 1.24. The first-order chi connectivity index (χ1) is 12.1. The Labute approximate surface area is 151 Å². The predicted octanol–water partition coefficient (Wildman–Crippen LogP) is 3.25. The minimum Gasteiger partial charge on any atom is -0.376 e. The number of nitrogens with zero attached hydrogens (tertiary/aromatic N) is 2. The maximum atomic E-state index is 11.9.